The Morgan fingerprint density at radius 2 is 1.89 bits per heavy atom. The van der Waals surface area contributed by atoms with Crippen LogP contribution in [0.2, 0.25) is 5.02 Å². The van der Waals surface area contributed by atoms with Crippen molar-refractivity contribution in [2.75, 3.05) is 30.1 Å². The first-order valence-electron chi connectivity index (χ1n) is 8.49. The smallest absolute Gasteiger partial charge is 0.248 e. The number of anilines is 2. The van der Waals surface area contributed by atoms with E-state index in [0.29, 0.717) is 27.9 Å². The maximum absolute atomic E-state index is 13.0. The number of hydrogen-bond acceptors (Lipinski definition) is 5. The van der Waals surface area contributed by atoms with E-state index in [1.807, 2.05) is 0 Å². The van der Waals surface area contributed by atoms with Crippen LogP contribution in [0.15, 0.2) is 42.5 Å². The molecule has 0 bridgehead atoms. The first-order chi connectivity index (χ1) is 13.2. The standard InChI is InChI=1S/C19H23ClN2O5S/c1-5-17(19(23)21-16-11-13(20)9-10-18(16)27-3)22(28(4,24)25)14-7-6-8-15(12-14)26-2/h6-12,17H,5H2,1-4H3,(H,21,23)/t17-/m1/s1. The van der Waals surface area contributed by atoms with Gasteiger partial charge in [-0.2, -0.15) is 0 Å². The molecule has 9 heteroatoms. The number of sulfonamides is 1. The molecule has 2 aromatic rings. The zero-order valence-electron chi connectivity index (χ0n) is 16.1. The number of nitrogens with zero attached hydrogens (tertiary/aromatic N) is 1. The Morgan fingerprint density at radius 3 is 2.46 bits per heavy atom. The van der Waals surface area contributed by atoms with Gasteiger partial charge in [-0.3, -0.25) is 9.10 Å². The molecular formula is C19H23ClN2O5S. The van der Waals surface area contributed by atoms with Crippen molar-refractivity contribution in [2.24, 2.45) is 0 Å². The summed E-state index contributed by atoms with van der Waals surface area (Å²) in [7, 11) is -0.803. The number of amides is 1. The van der Waals surface area contributed by atoms with Gasteiger partial charge in [0, 0.05) is 11.1 Å². The lowest BCUT2D eigenvalue weighted by Crippen LogP contribution is -2.47. The third-order valence-corrected chi connectivity index (χ3v) is 5.47. The average molecular weight is 427 g/mol. The van der Waals surface area contributed by atoms with E-state index < -0.39 is 22.0 Å². The van der Waals surface area contributed by atoms with E-state index in [2.05, 4.69) is 5.32 Å². The van der Waals surface area contributed by atoms with Gasteiger partial charge in [-0.25, -0.2) is 8.42 Å². The Balaban J connectivity index is 2.43. The molecule has 0 saturated heterocycles. The Morgan fingerprint density at radius 1 is 1.18 bits per heavy atom. The number of ether oxygens (including phenoxy) is 2. The minimum Gasteiger partial charge on any atom is -0.497 e. The zero-order valence-corrected chi connectivity index (χ0v) is 17.7. The van der Waals surface area contributed by atoms with Crippen molar-refractivity contribution in [2.45, 2.75) is 19.4 Å². The number of benzene rings is 2. The second kappa shape index (κ2) is 9.16. The number of carbonyl (C=O) groups excluding carboxylic acids is 1. The summed E-state index contributed by atoms with van der Waals surface area (Å²) in [5.74, 6) is 0.397. The molecule has 7 nitrogen and oxygen atoms in total. The maximum Gasteiger partial charge on any atom is 0.248 e. The fraction of sp³-hybridized carbons (Fsp3) is 0.316. The summed E-state index contributed by atoms with van der Waals surface area (Å²) >= 11 is 6.01. The third kappa shape index (κ3) is 5.08. The molecule has 0 saturated carbocycles. The monoisotopic (exact) mass is 426 g/mol. The SMILES string of the molecule is CC[C@H](C(=O)Nc1cc(Cl)ccc1OC)N(c1cccc(OC)c1)S(C)(=O)=O. The molecule has 152 valence electrons. The van der Waals surface area contributed by atoms with Crippen molar-refractivity contribution in [1.29, 1.82) is 0 Å². The molecule has 0 heterocycles. The summed E-state index contributed by atoms with van der Waals surface area (Å²) in [5.41, 5.74) is 0.694. The van der Waals surface area contributed by atoms with Crippen LogP contribution in [0.3, 0.4) is 0 Å². The highest BCUT2D eigenvalue weighted by molar-refractivity contribution is 7.92. The molecule has 2 aromatic carbocycles. The van der Waals surface area contributed by atoms with E-state index in [4.69, 9.17) is 21.1 Å². The Kier molecular flexibility index (Phi) is 7.15. The molecular weight excluding hydrogens is 404 g/mol. The summed E-state index contributed by atoms with van der Waals surface area (Å²) in [5, 5.41) is 3.13. The third-order valence-electron chi connectivity index (χ3n) is 4.06. The molecule has 28 heavy (non-hydrogen) atoms. The minimum absolute atomic E-state index is 0.249. The topological polar surface area (TPSA) is 84.9 Å². The molecule has 0 aliphatic heterocycles. The van der Waals surface area contributed by atoms with Crippen molar-refractivity contribution < 1.29 is 22.7 Å². The van der Waals surface area contributed by atoms with E-state index in [-0.39, 0.29) is 6.42 Å². The molecule has 1 amide bonds. The summed E-state index contributed by atoms with van der Waals surface area (Å²) in [4.78, 5) is 13.0. The molecule has 0 fully saturated rings. The van der Waals surface area contributed by atoms with Gasteiger partial charge < -0.3 is 14.8 Å². The molecule has 0 spiro atoms. The van der Waals surface area contributed by atoms with Crippen molar-refractivity contribution in [1.82, 2.24) is 0 Å². The van der Waals surface area contributed by atoms with Crippen LogP contribution in [0, 0.1) is 0 Å². The van der Waals surface area contributed by atoms with Crippen molar-refractivity contribution >= 4 is 38.9 Å². The van der Waals surface area contributed by atoms with E-state index >= 15 is 0 Å². The fourth-order valence-electron chi connectivity index (χ4n) is 2.80. The molecule has 2 rings (SSSR count). The van der Waals surface area contributed by atoms with Crippen LogP contribution in [0.4, 0.5) is 11.4 Å². The van der Waals surface area contributed by atoms with E-state index in [0.717, 1.165) is 10.6 Å². The van der Waals surface area contributed by atoms with Crippen molar-refractivity contribution in [3.63, 3.8) is 0 Å². The number of rotatable bonds is 8. The van der Waals surface area contributed by atoms with Crippen LogP contribution in [-0.2, 0) is 14.8 Å². The first-order valence-corrected chi connectivity index (χ1v) is 10.7. The maximum atomic E-state index is 13.0. The van der Waals surface area contributed by atoms with Crippen LogP contribution in [0.5, 0.6) is 11.5 Å². The summed E-state index contributed by atoms with van der Waals surface area (Å²) in [6.45, 7) is 1.73. The van der Waals surface area contributed by atoms with Gasteiger partial charge in [0.1, 0.15) is 17.5 Å². The van der Waals surface area contributed by atoms with Crippen LogP contribution in [-0.4, -0.2) is 40.8 Å². The van der Waals surface area contributed by atoms with E-state index in [1.54, 1.807) is 49.4 Å². The summed E-state index contributed by atoms with van der Waals surface area (Å²) < 4.78 is 36.5. The summed E-state index contributed by atoms with van der Waals surface area (Å²) in [6.07, 6.45) is 1.31. The Labute approximate surface area is 170 Å². The number of nitrogens with one attached hydrogen (secondary N) is 1. The lowest BCUT2D eigenvalue weighted by atomic mass is 10.1. The molecule has 0 aromatic heterocycles. The second-order valence-corrected chi connectivity index (χ2v) is 8.31. The first kappa shape index (κ1) is 21.8. The van der Waals surface area contributed by atoms with Gasteiger partial charge in [0.25, 0.3) is 0 Å². The van der Waals surface area contributed by atoms with Gasteiger partial charge in [0.2, 0.25) is 15.9 Å². The Hall–Kier alpha value is -2.45. The van der Waals surface area contributed by atoms with Crippen molar-refractivity contribution in [3.05, 3.63) is 47.5 Å². The highest BCUT2D eigenvalue weighted by atomic mass is 35.5. The van der Waals surface area contributed by atoms with Gasteiger partial charge >= 0.3 is 0 Å². The second-order valence-electron chi connectivity index (χ2n) is 6.02. The van der Waals surface area contributed by atoms with Crippen molar-refractivity contribution in [3.8, 4) is 11.5 Å². The van der Waals surface area contributed by atoms with Gasteiger partial charge in [-0.15, -0.1) is 0 Å². The highest BCUT2D eigenvalue weighted by Gasteiger charge is 2.32. The number of hydrogen-bond donors (Lipinski definition) is 1. The van der Waals surface area contributed by atoms with Gasteiger partial charge in [0.05, 0.1) is 31.9 Å². The lowest BCUT2D eigenvalue weighted by Gasteiger charge is -2.30. The lowest BCUT2D eigenvalue weighted by molar-refractivity contribution is -0.117. The molecule has 0 aliphatic rings. The highest BCUT2D eigenvalue weighted by Crippen LogP contribution is 2.30. The van der Waals surface area contributed by atoms with Crippen LogP contribution in [0.25, 0.3) is 0 Å². The predicted octanol–water partition coefficient (Wildman–Crippen LogP) is 3.54. The largest absolute Gasteiger partial charge is 0.497 e. The molecule has 0 aliphatic carbocycles. The molecule has 1 N–H and O–H groups in total. The van der Waals surface area contributed by atoms with E-state index in [1.165, 1.54) is 14.2 Å². The minimum atomic E-state index is -3.76. The van der Waals surface area contributed by atoms with Gasteiger partial charge in [-0.1, -0.05) is 24.6 Å². The molecule has 0 unspecified atom stereocenters. The zero-order chi connectivity index (χ0) is 20.9. The van der Waals surface area contributed by atoms with E-state index in [9.17, 15) is 13.2 Å². The van der Waals surface area contributed by atoms with Crippen LogP contribution < -0.4 is 19.1 Å². The molecule has 1 atom stereocenters. The van der Waals surface area contributed by atoms with Crippen LogP contribution >= 0.6 is 11.6 Å². The number of halogens is 1. The quantitative estimate of drug-likeness (QED) is 0.697. The van der Waals surface area contributed by atoms with Gasteiger partial charge in [-0.05, 0) is 36.8 Å². The normalized spacial score (nSPS) is 12.2. The Bertz CT molecular complexity index is 949. The number of methoxy groups -OCH3 is 2. The number of carbonyl (C=O) groups is 1. The summed E-state index contributed by atoms with van der Waals surface area (Å²) in [6, 6.07) is 10.4. The molecule has 0 radical (unpaired) electrons. The fourth-order valence-corrected chi connectivity index (χ4v) is 4.18. The average Bonchev–Trinajstić information content (AvgIpc) is 2.65. The predicted molar refractivity (Wildman–Crippen MR) is 111 cm³/mol. The van der Waals surface area contributed by atoms with Gasteiger partial charge in [0.15, 0.2) is 0 Å². The van der Waals surface area contributed by atoms with Crippen LogP contribution in [0.1, 0.15) is 13.3 Å².